The standard InChI is InChI=1S/C22H33N2Si.3CH3.Ti/c1-16-14-20-18-12-8-9-13-19(18)22(21(20)24(16)2)25(3,4)23-15-17-10-6-5-7-11-17;;;;/h5-7,10-11,14,18-22H,8-9,12-13,15H2,1-4H3;3*1H3;/q4*-1;+4. The predicted molar refractivity (Wildman–Crippen MR) is 128 cm³/mol. The average Bonchev–Trinajstić information content (AvgIpc) is 3.09. The molecule has 3 aliphatic rings. The van der Waals surface area contributed by atoms with Gasteiger partial charge in [-0.2, -0.15) is 0 Å². The van der Waals surface area contributed by atoms with Crippen LogP contribution in [0.4, 0.5) is 0 Å². The van der Waals surface area contributed by atoms with Gasteiger partial charge in [0.15, 0.2) is 0 Å². The maximum Gasteiger partial charge on any atom is 4.00 e. The van der Waals surface area contributed by atoms with Crippen LogP contribution in [0, 0.1) is 40.0 Å². The van der Waals surface area contributed by atoms with Gasteiger partial charge >= 0.3 is 21.7 Å². The molecule has 2 saturated carbocycles. The Labute approximate surface area is 197 Å². The molecule has 2 nitrogen and oxygen atoms in total. The van der Waals surface area contributed by atoms with Gasteiger partial charge < -0.3 is 32.2 Å². The third-order valence-corrected chi connectivity index (χ3v) is 10.7. The van der Waals surface area contributed by atoms with Gasteiger partial charge in [0.25, 0.3) is 0 Å². The molecule has 1 heterocycles. The van der Waals surface area contributed by atoms with E-state index >= 15 is 0 Å². The molecule has 0 radical (unpaired) electrons. The monoisotopic (exact) mass is 446 g/mol. The summed E-state index contributed by atoms with van der Waals surface area (Å²) in [6.07, 6.45) is 8.38. The van der Waals surface area contributed by atoms with Crippen LogP contribution in [0.15, 0.2) is 42.1 Å². The number of nitrogens with zero attached hydrogens (tertiary/aromatic N) is 2. The van der Waals surface area contributed by atoms with Crippen LogP contribution in [0.3, 0.4) is 0 Å². The average molecular weight is 447 g/mol. The third kappa shape index (κ3) is 5.29. The van der Waals surface area contributed by atoms with Gasteiger partial charge in [0, 0.05) is 24.7 Å². The van der Waals surface area contributed by atoms with Crippen molar-refractivity contribution >= 4 is 8.24 Å². The number of benzene rings is 1. The molecule has 2 aliphatic carbocycles. The van der Waals surface area contributed by atoms with E-state index in [-0.39, 0.29) is 44.0 Å². The van der Waals surface area contributed by atoms with Crippen LogP contribution >= 0.6 is 0 Å². The van der Waals surface area contributed by atoms with Gasteiger partial charge in [-0.15, -0.1) is 6.54 Å². The molecule has 5 unspecified atom stereocenters. The largest absolute Gasteiger partial charge is 4.00 e. The van der Waals surface area contributed by atoms with E-state index in [0.29, 0.717) is 6.04 Å². The molecule has 0 aromatic heterocycles. The molecule has 0 bridgehead atoms. The number of hydrogen-bond donors (Lipinski definition) is 0. The van der Waals surface area contributed by atoms with Crippen molar-refractivity contribution in [3.8, 4) is 0 Å². The van der Waals surface area contributed by atoms with Crippen molar-refractivity contribution in [3.05, 3.63) is 74.9 Å². The summed E-state index contributed by atoms with van der Waals surface area (Å²) in [5, 5.41) is 0. The molecule has 1 aromatic rings. The van der Waals surface area contributed by atoms with E-state index in [1.807, 2.05) is 0 Å². The molecule has 5 atom stereocenters. The maximum absolute atomic E-state index is 5.41. The summed E-state index contributed by atoms with van der Waals surface area (Å²) in [4.78, 5) is 8.02. The molecule has 2 fully saturated rings. The Balaban J connectivity index is 0.00000196. The van der Waals surface area contributed by atoms with E-state index < -0.39 is 8.24 Å². The van der Waals surface area contributed by atoms with Crippen molar-refractivity contribution in [2.24, 2.45) is 17.8 Å². The Morgan fingerprint density at radius 1 is 1.00 bits per heavy atom. The quantitative estimate of drug-likeness (QED) is 0.355. The fourth-order valence-corrected chi connectivity index (χ4v) is 9.68. The molecular formula is C25H42N2SiTi. The van der Waals surface area contributed by atoms with Crippen molar-refractivity contribution in [3.63, 3.8) is 0 Å². The van der Waals surface area contributed by atoms with Crippen LogP contribution in [-0.2, 0) is 28.3 Å². The van der Waals surface area contributed by atoms with Gasteiger partial charge in [-0.3, -0.25) is 0 Å². The molecule has 0 saturated heterocycles. The van der Waals surface area contributed by atoms with Crippen LogP contribution in [0.2, 0.25) is 18.6 Å². The fraction of sp³-hybridized carbons (Fsp3) is 0.560. The molecule has 4 heteroatoms. The summed E-state index contributed by atoms with van der Waals surface area (Å²) in [5.41, 5.74) is 3.67. The second-order valence-electron chi connectivity index (χ2n) is 9.08. The summed E-state index contributed by atoms with van der Waals surface area (Å²) < 4.78 is 0. The Bertz CT molecular complexity index is 645. The summed E-state index contributed by atoms with van der Waals surface area (Å²) in [7, 11) is 0.667. The first kappa shape index (κ1) is 28.7. The molecule has 1 aliphatic heterocycles. The van der Waals surface area contributed by atoms with Gasteiger partial charge in [0.1, 0.15) is 0 Å². The number of hydrogen-bond acceptors (Lipinski definition) is 1. The zero-order chi connectivity index (χ0) is 17.6. The van der Waals surface area contributed by atoms with Gasteiger partial charge in [-0.05, 0) is 30.7 Å². The number of fused-ring (bicyclic) bond motifs is 3. The van der Waals surface area contributed by atoms with E-state index in [1.165, 1.54) is 36.9 Å². The predicted octanol–water partition coefficient (Wildman–Crippen LogP) is 7.14. The Kier molecular flexibility index (Phi) is 11.2. The summed E-state index contributed by atoms with van der Waals surface area (Å²) in [5.74, 6) is 2.62. The van der Waals surface area contributed by atoms with E-state index in [1.54, 1.807) is 0 Å². The first-order valence-corrected chi connectivity index (χ1v) is 13.2. The molecule has 29 heavy (non-hydrogen) atoms. The number of rotatable bonds is 4. The summed E-state index contributed by atoms with van der Waals surface area (Å²) in [6.45, 7) is 8.29. The second kappa shape index (κ2) is 11.3. The van der Waals surface area contributed by atoms with Gasteiger partial charge in [-0.25, -0.2) is 0 Å². The summed E-state index contributed by atoms with van der Waals surface area (Å²) in [6, 6.07) is 11.5. The van der Waals surface area contributed by atoms with Crippen LogP contribution in [0.25, 0.3) is 4.98 Å². The zero-order valence-electron chi connectivity index (χ0n) is 19.8. The second-order valence-corrected chi connectivity index (χ2v) is 13.4. The van der Waals surface area contributed by atoms with Gasteiger partial charge in [0.05, 0.1) is 0 Å². The van der Waals surface area contributed by atoms with E-state index in [0.717, 1.165) is 29.8 Å². The number of allylic oxidation sites excluding steroid dienone is 1. The molecule has 1 aromatic carbocycles. The van der Waals surface area contributed by atoms with Gasteiger partial charge in [0.2, 0.25) is 0 Å². The molecule has 0 spiro atoms. The van der Waals surface area contributed by atoms with Crippen molar-refractivity contribution in [1.29, 1.82) is 0 Å². The molecular weight excluding hydrogens is 404 g/mol. The van der Waals surface area contributed by atoms with Crippen molar-refractivity contribution in [2.75, 3.05) is 7.05 Å². The molecule has 4 rings (SSSR count). The van der Waals surface area contributed by atoms with Gasteiger partial charge in [-0.1, -0.05) is 82.6 Å². The molecule has 0 N–H and O–H groups in total. The van der Waals surface area contributed by atoms with Crippen LogP contribution in [-0.4, -0.2) is 26.2 Å². The van der Waals surface area contributed by atoms with E-state index in [4.69, 9.17) is 4.98 Å². The van der Waals surface area contributed by atoms with Crippen molar-refractivity contribution < 1.29 is 21.7 Å². The first-order chi connectivity index (χ1) is 12.0. The fourth-order valence-electron chi connectivity index (χ4n) is 6.14. The molecule has 160 valence electrons. The SMILES string of the molecule is CC1=CC2C3CCCCC3C([Si](C)(C)[N-]Cc3ccccc3)C2N1C.[CH3-].[CH3-].[CH3-].[Ti+4]. The first-order valence-electron chi connectivity index (χ1n) is 10.1. The Hall–Kier alpha value is -0.349. The van der Waals surface area contributed by atoms with E-state index in [2.05, 4.69) is 68.4 Å². The van der Waals surface area contributed by atoms with Crippen LogP contribution in [0.5, 0.6) is 0 Å². The minimum atomic E-state index is -1.67. The topological polar surface area (TPSA) is 17.3 Å². The van der Waals surface area contributed by atoms with Crippen LogP contribution < -0.4 is 0 Å². The zero-order valence-corrected chi connectivity index (χ0v) is 22.3. The maximum atomic E-state index is 5.41. The summed E-state index contributed by atoms with van der Waals surface area (Å²) >= 11 is 0. The minimum Gasteiger partial charge on any atom is -0.661 e. The Morgan fingerprint density at radius 3 is 2.21 bits per heavy atom. The van der Waals surface area contributed by atoms with Crippen LogP contribution in [0.1, 0.15) is 38.2 Å². The third-order valence-electron chi connectivity index (χ3n) is 7.36. The van der Waals surface area contributed by atoms with Crippen molar-refractivity contribution in [2.45, 2.75) is 63.8 Å². The normalized spacial score (nSPS) is 29.9. The molecule has 0 amide bonds. The van der Waals surface area contributed by atoms with Crippen molar-refractivity contribution in [1.82, 2.24) is 4.90 Å². The Morgan fingerprint density at radius 2 is 1.59 bits per heavy atom. The smallest absolute Gasteiger partial charge is 0.661 e. The van der Waals surface area contributed by atoms with E-state index in [9.17, 15) is 0 Å². The minimum absolute atomic E-state index is 0.